The molecule has 0 unspecified atom stereocenters. The van der Waals surface area contributed by atoms with Crippen LogP contribution in [0.25, 0.3) is 0 Å². The van der Waals surface area contributed by atoms with Gasteiger partial charge < -0.3 is 14.4 Å². The largest absolute Gasteiger partial charge is 0.493 e. The number of aliphatic hydroxyl groups excluding tert-OH is 1. The van der Waals surface area contributed by atoms with Crippen LogP contribution in [-0.2, 0) is 20.1 Å². The molecule has 18 heavy (non-hydrogen) atoms. The van der Waals surface area contributed by atoms with Crippen molar-refractivity contribution < 1.29 is 9.84 Å². The van der Waals surface area contributed by atoms with Gasteiger partial charge in [0, 0.05) is 36.4 Å². The number of rotatable bonds is 5. The van der Waals surface area contributed by atoms with Crippen LogP contribution in [-0.4, -0.2) is 21.3 Å². The Morgan fingerprint density at radius 1 is 1.44 bits per heavy atom. The molecule has 0 aliphatic heterocycles. The second-order valence-electron chi connectivity index (χ2n) is 3.93. The van der Waals surface area contributed by atoms with E-state index in [2.05, 4.69) is 4.98 Å². The molecule has 0 atom stereocenters. The third-order valence-corrected chi connectivity index (χ3v) is 3.09. The van der Waals surface area contributed by atoms with Crippen LogP contribution in [0.15, 0.2) is 30.6 Å². The summed E-state index contributed by atoms with van der Waals surface area (Å²) in [5, 5.41) is 9.77. The number of ether oxygens (including phenoxy) is 1. The molecule has 4 nitrogen and oxygen atoms in total. The number of hydrogen-bond donors (Lipinski definition) is 1. The van der Waals surface area contributed by atoms with Crippen molar-refractivity contribution in [1.82, 2.24) is 9.55 Å². The van der Waals surface area contributed by atoms with E-state index >= 15 is 0 Å². The van der Waals surface area contributed by atoms with E-state index < -0.39 is 0 Å². The van der Waals surface area contributed by atoms with Crippen molar-refractivity contribution in [2.45, 2.75) is 13.0 Å². The summed E-state index contributed by atoms with van der Waals surface area (Å²) in [5.41, 5.74) is 0.624. The number of benzene rings is 1. The predicted molar refractivity (Wildman–Crippen MR) is 69.8 cm³/mol. The van der Waals surface area contributed by atoms with Crippen LogP contribution in [0.5, 0.6) is 5.75 Å². The van der Waals surface area contributed by atoms with E-state index in [1.807, 2.05) is 17.8 Å². The summed E-state index contributed by atoms with van der Waals surface area (Å²) in [7, 11) is 1.95. The Bertz CT molecular complexity index is 525. The molecule has 0 spiro atoms. The fourth-order valence-corrected chi connectivity index (χ4v) is 1.94. The summed E-state index contributed by atoms with van der Waals surface area (Å²) >= 11 is 5.98. The summed E-state index contributed by atoms with van der Waals surface area (Å²) in [6.45, 7) is 0.371. The Morgan fingerprint density at radius 2 is 2.28 bits per heavy atom. The lowest BCUT2D eigenvalue weighted by Crippen LogP contribution is -2.07. The molecule has 1 N–H and O–H groups in total. The van der Waals surface area contributed by atoms with Crippen molar-refractivity contribution in [3.63, 3.8) is 0 Å². The van der Waals surface area contributed by atoms with Crippen molar-refractivity contribution >= 4 is 11.6 Å². The average molecular weight is 267 g/mol. The van der Waals surface area contributed by atoms with E-state index in [1.54, 1.807) is 24.4 Å². The molecule has 0 aliphatic carbocycles. The van der Waals surface area contributed by atoms with Crippen molar-refractivity contribution in [2.75, 3.05) is 6.61 Å². The summed E-state index contributed by atoms with van der Waals surface area (Å²) in [6, 6.07) is 5.34. The van der Waals surface area contributed by atoms with Gasteiger partial charge in [-0.25, -0.2) is 4.98 Å². The monoisotopic (exact) mass is 266 g/mol. The number of imidazole rings is 1. The quantitative estimate of drug-likeness (QED) is 0.902. The molecule has 1 aromatic carbocycles. The summed E-state index contributed by atoms with van der Waals surface area (Å²) in [4.78, 5) is 4.21. The van der Waals surface area contributed by atoms with Crippen LogP contribution in [0.4, 0.5) is 0 Å². The molecule has 1 heterocycles. The first-order chi connectivity index (χ1) is 8.72. The number of hydrogen-bond acceptors (Lipinski definition) is 3. The highest BCUT2D eigenvalue weighted by Crippen LogP contribution is 2.26. The summed E-state index contributed by atoms with van der Waals surface area (Å²) in [6.07, 6.45) is 4.36. The van der Waals surface area contributed by atoms with Crippen LogP contribution in [0.3, 0.4) is 0 Å². The van der Waals surface area contributed by atoms with Gasteiger partial charge in [0.05, 0.1) is 13.2 Å². The Balaban J connectivity index is 1.98. The number of nitrogens with zero attached hydrogens (tertiary/aromatic N) is 2. The van der Waals surface area contributed by atoms with E-state index in [-0.39, 0.29) is 6.61 Å². The summed E-state index contributed by atoms with van der Waals surface area (Å²) < 4.78 is 7.59. The van der Waals surface area contributed by atoms with E-state index in [9.17, 15) is 5.11 Å². The van der Waals surface area contributed by atoms with Gasteiger partial charge in [-0.1, -0.05) is 17.7 Å². The number of aryl methyl sites for hydroxylation is 1. The molecule has 0 aliphatic rings. The van der Waals surface area contributed by atoms with Gasteiger partial charge in [0.1, 0.15) is 11.6 Å². The molecule has 5 heteroatoms. The highest BCUT2D eigenvalue weighted by Gasteiger charge is 2.07. The van der Waals surface area contributed by atoms with Crippen LogP contribution in [0.2, 0.25) is 5.02 Å². The van der Waals surface area contributed by atoms with Crippen molar-refractivity contribution in [3.05, 3.63) is 47.0 Å². The van der Waals surface area contributed by atoms with E-state index in [1.165, 1.54) is 0 Å². The van der Waals surface area contributed by atoms with Gasteiger partial charge in [-0.05, 0) is 12.1 Å². The first-order valence-corrected chi connectivity index (χ1v) is 6.07. The standard InChI is InChI=1S/C13H15ClN2O2/c1-16-7-6-15-13(16)5-8-18-12-4-2-3-11(14)10(12)9-17/h2-4,6-7,17H,5,8-9H2,1H3. The van der Waals surface area contributed by atoms with Gasteiger partial charge in [0.15, 0.2) is 0 Å². The minimum Gasteiger partial charge on any atom is -0.493 e. The van der Waals surface area contributed by atoms with Crippen LogP contribution < -0.4 is 4.74 Å². The maximum absolute atomic E-state index is 9.25. The molecule has 1 aromatic heterocycles. The molecule has 2 aromatic rings. The smallest absolute Gasteiger partial charge is 0.126 e. The van der Waals surface area contributed by atoms with E-state index in [0.29, 0.717) is 29.4 Å². The maximum Gasteiger partial charge on any atom is 0.126 e. The molecule has 0 bridgehead atoms. The van der Waals surface area contributed by atoms with Gasteiger partial charge in [0.25, 0.3) is 0 Å². The third kappa shape index (κ3) is 2.83. The minimum absolute atomic E-state index is 0.128. The Morgan fingerprint density at radius 3 is 2.94 bits per heavy atom. The molecule has 96 valence electrons. The highest BCUT2D eigenvalue weighted by molar-refractivity contribution is 6.31. The molecule has 0 saturated carbocycles. The Labute approximate surface area is 111 Å². The van der Waals surface area contributed by atoms with Gasteiger partial charge in [-0.3, -0.25) is 0 Å². The lowest BCUT2D eigenvalue weighted by molar-refractivity contribution is 0.263. The zero-order valence-corrected chi connectivity index (χ0v) is 10.9. The number of aliphatic hydroxyl groups is 1. The first kappa shape index (κ1) is 12.9. The van der Waals surface area contributed by atoms with Crippen molar-refractivity contribution in [2.24, 2.45) is 7.05 Å². The summed E-state index contributed by atoms with van der Waals surface area (Å²) in [5.74, 6) is 1.58. The van der Waals surface area contributed by atoms with Crippen LogP contribution in [0, 0.1) is 0 Å². The minimum atomic E-state index is -0.128. The van der Waals surface area contributed by atoms with Crippen LogP contribution in [0.1, 0.15) is 11.4 Å². The highest BCUT2D eigenvalue weighted by atomic mass is 35.5. The molecule has 0 radical (unpaired) electrons. The zero-order chi connectivity index (χ0) is 13.0. The fraction of sp³-hybridized carbons (Fsp3) is 0.308. The van der Waals surface area contributed by atoms with Gasteiger partial charge in [-0.15, -0.1) is 0 Å². The van der Waals surface area contributed by atoms with E-state index in [4.69, 9.17) is 16.3 Å². The Hall–Kier alpha value is -1.52. The molecular formula is C13H15ClN2O2. The lowest BCUT2D eigenvalue weighted by Gasteiger charge is -2.11. The normalized spacial score (nSPS) is 10.6. The van der Waals surface area contributed by atoms with E-state index in [0.717, 1.165) is 5.82 Å². The molecular weight excluding hydrogens is 252 g/mol. The van der Waals surface area contributed by atoms with Gasteiger partial charge in [-0.2, -0.15) is 0 Å². The molecule has 0 fully saturated rings. The number of aromatic nitrogens is 2. The topological polar surface area (TPSA) is 47.3 Å². The lowest BCUT2D eigenvalue weighted by atomic mass is 10.2. The van der Waals surface area contributed by atoms with Gasteiger partial charge >= 0.3 is 0 Å². The molecule has 0 amide bonds. The van der Waals surface area contributed by atoms with Gasteiger partial charge in [0.2, 0.25) is 0 Å². The predicted octanol–water partition coefficient (Wildman–Crippen LogP) is 2.19. The molecule has 0 saturated heterocycles. The second-order valence-corrected chi connectivity index (χ2v) is 4.33. The third-order valence-electron chi connectivity index (χ3n) is 2.74. The van der Waals surface area contributed by atoms with Crippen LogP contribution >= 0.6 is 11.6 Å². The zero-order valence-electron chi connectivity index (χ0n) is 10.1. The average Bonchev–Trinajstić information content (AvgIpc) is 2.75. The first-order valence-electron chi connectivity index (χ1n) is 5.69. The van der Waals surface area contributed by atoms with Crippen molar-refractivity contribution in [3.8, 4) is 5.75 Å². The molecule has 2 rings (SSSR count). The maximum atomic E-state index is 9.25. The van der Waals surface area contributed by atoms with Crippen molar-refractivity contribution in [1.29, 1.82) is 0 Å². The fourth-order valence-electron chi connectivity index (χ4n) is 1.72. The second kappa shape index (κ2) is 5.89. The Kier molecular flexibility index (Phi) is 4.23. The SMILES string of the molecule is Cn1ccnc1CCOc1cccc(Cl)c1CO. The number of halogens is 1.